The van der Waals surface area contributed by atoms with Crippen LogP contribution in [0.5, 0.6) is 0 Å². The molecule has 0 radical (unpaired) electrons. The van der Waals surface area contributed by atoms with Crippen LogP contribution in [-0.2, 0) is 0 Å². The number of hydrogen-bond donors (Lipinski definition) is 1. The molecule has 0 spiro atoms. The Morgan fingerprint density at radius 1 is 0.950 bits per heavy atom. The second kappa shape index (κ2) is 5.58. The van der Waals surface area contributed by atoms with Gasteiger partial charge in [-0.05, 0) is 42.5 Å². The Bertz CT molecular complexity index is 557. The van der Waals surface area contributed by atoms with Gasteiger partial charge in [0.05, 0.1) is 0 Å². The third kappa shape index (κ3) is 2.79. The zero-order valence-corrected chi connectivity index (χ0v) is 12.2. The molecule has 0 saturated heterocycles. The van der Waals surface area contributed by atoms with E-state index < -0.39 is 0 Å². The first-order valence-electron chi connectivity index (χ1n) is 7.31. The van der Waals surface area contributed by atoms with Gasteiger partial charge >= 0.3 is 0 Å². The van der Waals surface area contributed by atoms with Crippen molar-refractivity contribution in [3.05, 3.63) is 60.2 Å². The minimum Gasteiger partial charge on any atom is -0.382 e. The minimum absolute atomic E-state index is 0.609. The van der Waals surface area contributed by atoms with Crippen molar-refractivity contribution in [2.75, 3.05) is 24.3 Å². The summed E-state index contributed by atoms with van der Waals surface area (Å²) in [6, 6.07) is 20.1. The van der Waals surface area contributed by atoms with E-state index in [-0.39, 0.29) is 0 Å². The first-order valence-corrected chi connectivity index (χ1v) is 7.31. The fourth-order valence-corrected chi connectivity index (χ4v) is 2.84. The fraction of sp³-hybridized carbons (Fsp3) is 0.333. The summed E-state index contributed by atoms with van der Waals surface area (Å²) in [5.74, 6) is 0.728. The Hall–Kier alpha value is -1.96. The largest absolute Gasteiger partial charge is 0.382 e. The normalized spacial score (nSPS) is 21.1. The van der Waals surface area contributed by atoms with E-state index in [4.69, 9.17) is 0 Å². The highest BCUT2D eigenvalue weighted by Gasteiger charge is 2.29. The molecule has 2 nitrogen and oxygen atoms in total. The van der Waals surface area contributed by atoms with Crippen LogP contribution in [0.2, 0.25) is 0 Å². The summed E-state index contributed by atoms with van der Waals surface area (Å²) in [7, 11) is 4.15. The first kappa shape index (κ1) is 13.0. The van der Waals surface area contributed by atoms with Crippen molar-refractivity contribution >= 4 is 11.4 Å². The van der Waals surface area contributed by atoms with Gasteiger partial charge < -0.3 is 10.2 Å². The third-order valence-corrected chi connectivity index (χ3v) is 4.14. The zero-order chi connectivity index (χ0) is 13.9. The Morgan fingerprint density at radius 2 is 1.70 bits per heavy atom. The maximum atomic E-state index is 3.65. The molecule has 2 aromatic rings. The highest BCUT2D eigenvalue weighted by atomic mass is 15.1. The highest BCUT2D eigenvalue weighted by molar-refractivity contribution is 5.58. The van der Waals surface area contributed by atoms with E-state index in [0.717, 1.165) is 5.92 Å². The van der Waals surface area contributed by atoms with Gasteiger partial charge in [-0.1, -0.05) is 36.4 Å². The summed E-state index contributed by atoms with van der Waals surface area (Å²) >= 11 is 0. The maximum Gasteiger partial charge on any atom is 0.0381 e. The van der Waals surface area contributed by atoms with Crippen LogP contribution in [0.1, 0.15) is 24.3 Å². The predicted octanol–water partition coefficient (Wildman–Crippen LogP) is 4.11. The van der Waals surface area contributed by atoms with Crippen molar-refractivity contribution in [3.63, 3.8) is 0 Å². The Labute approximate surface area is 121 Å². The van der Waals surface area contributed by atoms with Crippen molar-refractivity contribution in [2.45, 2.75) is 24.8 Å². The van der Waals surface area contributed by atoms with Gasteiger partial charge in [-0.25, -0.2) is 0 Å². The molecule has 2 aromatic carbocycles. The second-order valence-electron chi connectivity index (χ2n) is 5.87. The molecule has 0 aliphatic heterocycles. The van der Waals surface area contributed by atoms with Crippen molar-refractivity contribution < 1.29 is 0 Å². The lowest BCUT2D eigenvalue weighted by Crippen LogP contribution is -2.34. The average molecular weight is 266 g/mol. The molecule has 3 rings (SSSR count). The predicted molar refractivity (Wildman–Crippen MR) is 86.6 cm³/mol. The van der Waals surface area contributed by atoms with Gasteiger partial charge in [0, 0.05) is 31.5 Å². The second-order valence-corrected chi connectivity index (χ2v) is 5.87. The molecule has 0 bridgehead atoms. The van der Waals surface area contributed by atoms with E-state index in [2.05, 4.69) is 78.9 Å². The molecular formula is C18H22N2. The number of rotatable bonds is 4. The first-order chi connectivity index (χ1) is 9.72. The highest BCUT2D eigenvalue weighted by Crippen LogP contribution is 2.38. The van der Waals surface area contributed by atoms with Crippen molar-refractivity contribution in [2.24, 2.45) is 0 Å². The quantitative estimate of drug-likeness (QED) is 0.896. The number of hydrogen-bond acceptors (Lipinski definition) is 2. The van der Waals surface area contributed by atoms with Crippen molar-refractivity contribution in [3.8, 4) is 0 Å². The number of anilines is 2. The van der Waals surface area contributed by atoms with Crippen LogP contribution in [0.3, 0.4) is 0 Å². The van der Waals surface area contributed by atoms with Gasteiger partial charge in [0.25, 0.3) is 0 Å². The molecule has 104 valence electrons. The Balaban J connectivity index is 1.58. The van der Waals surface area contributed by atoms with Gasteiger partial charge in [-0.15, -0.1) is 0 Å². The van der Waals surface area contributed by atoms with Gasteiger partial charge in [0.2, 0.25) is 0 Å². The third-order valence-electron chi connectivity index (χ3n) is 4.14. The Morgan fingerprint density at radius 3 is 2.40 bits per heavy atom. The number of nitrogens with zero attached hydrogens (tertiary/aromatic N) is 1. The number of benzene rings is 2. The monoisotopic (exact) mass is 266 g/mol. The van der Waals surface area contributed by atoms with Crippen LogP contribution in [0.4, 0.5) is 11.4 Å². The van der Waals surface area contributed by atoms with E-state index in [1.165, 1.54) is 29.8 Å². The Kier molecular flexibility index (Phi) is 3.64. The molecule has 1 fully saturated rings. The van der Waals surface area contributed by atoms with Crippen LogP contribution >= 0.6 is 0 Å². The average Bonchev–Trinajstić information content (AvgIpc) is 2.43. The van der Waals surface area contributed by atoms with Gasteiger partial charge in [-0.2, -0.15) is 0 Å². The fourth-order valence-electron chi connectivity index (χ4n) is 2.84. The topological polar surface area (TPSA) is 15.3 Å². The van der Waals surface area contributed by atoms with Crippen LogP contribution < -0.4 is 10.2 Å². The molecule has 0 amide bonds. The van der Waals surface area contributed by atoms with E-state index in [1.807, 2.05) is 0 Å². The molecule has 1 aliphatic rings. The van der Waals surface area contributed by atoms with Gasteiger partial charge in [0.15, 0.2) is 0 Å². The SMILES string of the molecule is CN(C)c1cccc(NC2CC(c3ccccc3)C2)c1. The molecule has 20 heavy (non-hydrogen) atoms. The zero-order valence-electron chi connectivity index (χ0n) is 12.2. The van der Waals surface area contributed by atoms with Crippen LogP contribution in [0.15, 0.2) is 54.6 Å². The molecule has 1 saturated carbocycles. The smallest absolute Gasteiger partial charge is 0.0381 e. The van der Waals surface area contributed by atoms with E-state index >= 15 is 0 Å². The van der Waals surface area contributed by atoms with Crippen LogP contribution in [0.25, 0.3) is 0 Å². The maximum absolute atomic E-state index is 3.65. The number of nitrogens with one attached hydrogen (secondary N) is 1. The lowest BCUT2D eigenvalue weighted by atomic mass is 9.76. The van der Waals surface area contributed by atoms with Crippen LogP contribution in [-0.4, -0.2) is 20.1 Å². The van der Waals surface area contributed by atoms with E-state index in [0.29, 0.717) is 6.04 Å². The molecule has 0 unspecified atom stereocenters. The van der Waals surface area contributed by atoms with Gasteiger partial charge in [-0.3, -0.25) is 0 Å². The summed E-state index contributed by atoms with van der Waals surface area (Å²) < 4.78 is 0. The van der Waals surface area contributed by atoms with E-state index in [1.54, 1.807) is 0 Å². The lowest BCUT2D eigenvalue weighted by molar-refractivity contribution is 0.374. The molecular weight excluding hydrogens is 244 g/mol. The van der Waals surface area contributed by atoms with E-state index in [9.17, 15) is 0 Å². The van der Waals surface area contributed by atoms with Gasteiger partial charge in [0.1, 0.15) is 0 Å². The van der Waals surface area contributed by atoms with Crippen LogP contribution in [0, 0.1) is 0 Å². The van der Waals surface area contributed by atoms with Crippen molar-refractivity contribution in [1.29, 1.82) is 0 Å². The lowest BCUT2D eigenvalue weighted by Gasteiger charge is -2.37. The van der Waals surface area contributed by atoms with Crippen molar-refractivity contribution in [1.82, 2.24) is 0 Å². The standard InChI is InChI=1S/C18H22N2/c1-20(2)18-10-6-9-16(13-18)19-17-11-15(12-17)14-7-4-3-5-8-14/h3-10,13,15,17,19H,11-12H2,1-2H3. The summed E-state index contributed by atoms with van der Waals surface area (Å²) in [5, 5.41) is 3.65. The minimum atomic E-state index is 0.609. The summed E-state index contributed by atoms with van der Waals surface area (Å²) in [6.45, 7) is 0. The molecule has 2 heteroatoms. The summed E-state index contributed by atoms with van der Waals surface area (Å²) in [4.78, 5) is 2.14. The summed E-state index contributed by atoms with van der Waals surface area (Å²) in [6.07, 6.45) is 2.46. The summed E-state index contributed by atoms with van der Waals surface area (Å²) in [5.41, 5.74) is 3.95. The molecule has 1 aliphatic carbocycles. The molecule has 0 aromatic heterocycles. The molecule has 0 heterocycles. The molecule has 0 atom stereocenters. The molecule has 1 N–H and O–H groups in total.